The van der Waals surface area contributed by atoms with Crippen LogP contribution in [0.25, 0.3) is 0 Å². The predicted octanol–water partition coefficient (Wildman–Crippen LogP) is 0.367. The molecule has 0 bridgehead atoms. The largest absolute Gasteiger partial charge is 0.356 e. The molecule has 0 spiro atoms. The molecule has 4 nitrogen and oxygen atoms in total. The monoisotopic (exact) mass is 162 g/mol. The first-order chi connectivity index (χ1) is 5.31. The maximum Gasteiger partial charge on any atom is 0.184 e. The van der Waals surface area contributed by atoms with Crippen molar-refractivity contribution in [2.75, 3.05) is 21.3 Å². The normalized spacial score (nSPS) is 29.5. The standard InChI is InChI=1S/C7H14O4/c1-8-6(9-2)4-5-7(10-3)11-5/h5-7H,4H2,1-3H3. The Labute approximate surface area is 66.4 Å². The van der Waals surface area contributed by atoms with Gasteiger partial charge in [-0.3, -0.25) is 0 Å². The van der Waals surface area contributed by atoms with Crippen molar-refractivity contribution in [3.63, 3.8) is 0 Å². The van der Waals surface area contributed by atoms with Crippen LogP contribution in [0.4, 0.5) is 0 Å². The van der Waals surface area contributed by atoms with Crippen LogP contribution in [0.2, 0.25) is 0 Å². The molecule has 0 saturated carbocycles. The van der Waals surface area contributed by atoms with E-state index in [1.807, 2.05) is 0 Å². The van der Waals surface area contributed by atoms with Gasteiger partial charge in [-0.1, -0.05) is 0 Å². The molecule has 0 aromatic heterocycles. The highest BCUT2D eigenvalue weighted by molar-refractivity contribution is 4.77. The summed E-state index contributed by atoms with van der Waals surface area (Å²) in [6.07, 6.45) is 0.638. The van der Waals surface area contributed by atoms with Gasteiger partial charge in [-0.2, -0.15) is 0 Å². The third-order valence-corrected chi connectivity index (χ3v) is 1.72. The van der Waals surface area contributed by atoms with Gasteiger partial charge in [0.1, 0.15) is 6.10 Å². The van der Waals surface area contributed by atoms with E-state index in [0.29, 0.717) is 0 Å². The van der Waals surface area contributed by atoms with Crippen LogP contribution in [-0.2, 0) is 18.9 Å². The van der Waals surface area contributed by atoms with E-state index in [2.05, 4.69) is 0 Å². The molecular formula is C7H14O4. The van der Waals surface area contributed by atoms with E-state index < -0.39 is 0 Å². The summed E-state index contributed by atoms with van der Waals surface area (Å²) in [4.78, 5) is 0. The molecule has 4 heteroatoms. The van der Waals surface area contributed by atoms with Crippen molar-refractivity contribution in [1.29, 1.82) is 0 Å². The van der Waals surface area contributed by atoms with E-state index in [-0.39, 0.29) is 18.7 Å². The number of rotatable bonds is 5. The Morgan fingerprint density at radius 1 is 1.27 bits per heavy atom. The van der Waals surface area contributed by atoms with Crippen LogP contribution in [0, 0.1) is 0 Å². The quantitative estimate of drug-likeness (QED) is 0.432. The average molecular weight is 162 g/mol. The summed E-state index contributed by atoms with van der Waals surface area (Å²) in [5.41, 5.74) is 0. The van der Waals surface area contributed by atoms with Crippen molar-refractivity contribution in [1.82, 2.24) is 0 Å². The molecular weight excluding hydrogens is 148 g/mol. The molecule has 0 aromatic carbocycles. The Morgan fingerprint density at radius 3 is 2.27 bits per heavy atom. The average Bonchev–Trinajstić information content (AvgIpc) is 2.78. The second kappa shape index (κ2) is 4.01. The number of hydrogen-bond donors (Lipinski definition) is 0. The van der Waals surface area contributed by atoms with Crippen molar-refractivity contribution in [2.24, 2.45) is 0 Å². The number of ether oxygens (including phenoxy) is 4. The van der Waals surface area contributed by atoms with E-state index >= 15 is 0 Å². The van der Waals surface area contributed by atoms with E-state index in [9.17, 15) is 0 Å². The lowest BCUT2D eigenvalue weighted by Gasteiger charge is -2.10. The van der Waals surface area contributed by atoms with Crippen LogP contribution >= 0.6 is 0 Å². The topological polar surface area (TPSA) is 40.2 Å². The molecule has 0 N–H and O–H groups in total. The second-order valence-electron chi connectivity index (χ2n) is 2.42. The fourth-order valence-electron chi connectivity index (χ4n) is 0.979. The van der Waals surface area contributed by atoms with Gasteiger partial charge in [0.25, 0.3) is 0 Å². The van der Waals surface area contributed by atoms with Gasteiger partial charge in [-0.25, -0.2) is 0 Å². The zero-order valence-corrected chi connectivity index (χ0v) is 7.07. The molecule has 66 valence electrons. The van der Waals surface area contributed by atoms with Gasteiger partial charge >= 0.3 is 0 Å². The van der Waals surface area contributed by atoms with Crippen molar-refractivity contribution in [3.05, 3.63) is 0 Å². The Balaban J connectivity index is 2.11. The maximum absolute atomic E-state index is 5.12. The lowest BCUT2D eigenvalue weighted by molar-refractivity contribution is -0.109. The van der Waals surface area contributed by atoms with Gasteiger partial charge in [-0.05, 0) is 0 Å². The van der Waals surface area contributed by atoms with E-state index in [0.717, 1.165) is 6.42 Å². The van der Waals surface area contributed by atoms with Gasteiger partial charge in [0.05, 0.1) is 0 Å². The smallest absolute Gasteiger partial charge is 0.184 e. The SMILES string of the molecule is COC(CC1OC1OC)OC. The van der Waals surface area contributed by atoms with E-state index in [1.54, 1.807) is 21.3 Å². The first kappa shape index (κ1) is 8.93. The molecule has 1 aliphatic rings. The van der Waals surface area contributed by atoms with Gasteiger partial charge < -0.3 is 18.9 Å². The Bertz CT molecular complexity index is 113. The van der Waals surface area contributed by atoms with Crippen molar-refractivity contribution >= 4 is 0 Å². The summed E-state index contributed by atoms with van der Waals surface area (Å²) in [7, 11) is 4.84. The summed E-state index contributed by atoms with van der Waals surface area (Å²) in [6.45, 7) is 0. The molecule has 0 radical (unpaired) electrons. The molecule has 2 atom stereocenters. The van der Waals surface area contributed by atoms with Crippen LogP contribution < -0.4 is 0 Å². The van der Waals surface area contributed by atoms with Crippen LogP contribution in [0.3, 0.4) is 0 Å². The molecule has 1 fully saturated rings. The Morgan fingerprint density at radius 2 is 1.91 bits per heavy atom. The zero-order valence-electron chi connectivity index (χ0n) is 7.07. The molecule has 0 aromatic rings. The molecule has 0 aliphatic carbocycles. The number of hydrogen-bond acceptors (Lipinski definition) is 4. The van der Waals surface area contributed by atoms with Crippen LogP contribution in [-0.4, -0.2) is 40.0 Å². The Kier molecular flexibility index (Phi) is 3.26. The van der Waals surface area contributed by atoms with Gasteiger partial charge in [0, 0.05) is 27.8 Å². The van der Waals surface area contributed by atoms with Gasteiger partial charge in [-0.15, -0.1) is 0 Å². The second-order valence-corrected chi connectivity index (χ2v) is 2.42. The Hall–Kier alpha value is -0.160. The summed E-state index contributed by atoms with van der Waals surface area (Å²) in [6, 6.07) is 0. The third kappa shape index (κ3) is 2.41. The van der Waals surface area contributed by atoms with Gasteiger partial charge in [0.15, 0.2) is 12.6 Å². The predicted molar refractivity (Wildman–Crippen MR) is 38.1 cm³/mol. The molecule has 1 aliphatic heterocycles. The fraction of sp³-hybridized carbons (Fsp3) is 1.00. The van der Waals surface area contributed by atoms with Gasteiger partial charge in [0.2, 0.25) is 0 Å². The number of methoxy groups -OCH3 is 3. The highest BCUT2D eigenvalue weighted by atomic mass is 16.8. The molecule has 11 heavy (non-hydrogen) atoms. The zero-order chi connectivity index (χ0) is 8.27. The van der Waals surface area contributed by atoms with E-state index in [4.69, 9.17) is 18.9 Å². The summed E-state index contributed by atoms with van der Waals surface area (Å²) < 4.78 is 20.0. The lowest BCUT2D eigenvalue weighted by atomic mass is 10.3. The molecule has 2 unspecified atom stereocenters. The van der Waals surface area contributed by atoms with Crippen molar-refractivity contribution < 1.29 is 18.9 Å². The molecule has 1 heterocycles. The lowest BCUT2D eigenvalue weighted by Crippen LogP contribution is -2.16. The first-order valence-corrected chi connectivity index (χ1v) is 3.55. The maximum atomic E-state index is 5.12. The third-order valence-electron chi connectivity index (χ3n) is 1.72. The van der Waals surface area contributed by atoms with Crippen LogP contribution in [0.1, 0.15) is 6.42 Å². The minimum absolute atomic E-state index is 0.0530. The molecule has 0 amide bonds. The number of epoxide rings is 1. The van der Waals surface area contributed by atoms with Crippen LogP contribution in [0.15, 0.2) is 0 Å². The fourth-order valence-corrected chi connectivity index (χ4v) is 0.979. The minimum atomic E-state index is -0.180. The highest BCUT2D eigenvalue weighted by Crippen LogP contribution is 2.27. The summed E-state index contributed by atoms with van der Waals surface area (Å²) >= 11 is 0. The van der Waals surface area contributed by atoms with E-state index in [1.165, 1.54) is 0 Å². The summed E-state index contributed by atoms with van der Waals surface area (Å²) in [5, 5.41) is 0. The minimum Gasteiger partial charge on any atom is -0.356 e. The highest BCUT2D eigenvalue weighted by Gasteiger charge is 2.40. The van der Waals surface area contributed by atoms with Crippen LogP contribution in [0.5, 0.6) is 0 Å². The first-order valence-electron chi connectivity index (χ1n) is 3.55. The summed E-state index contributed by atoms with van der Waals surface area (Å²) in [5.74, 6) is 0. The van der Waals surface area contributed by atoms with Crippen molar-refractivity contribution in [2.45, 2.75) is 25.1 Å². The molecule has 1 rings (SSSR count). The van der Waals surface area contributed by atoms with Crippen molar-refractivity contribution in [3.8, 4) is 0 Å². The molecule has 1 saturated heterocycles.